The molecule has 6 heteroatoms. The number of aromatic nitrogens is 3. The van der Waals surface area contributed by atoms with E-state index in [0.29, 0.717) is 12.2 Å². The first kappa shape index (κ1) is 13.1. The Labute approximate surface area is 121 Å². The van der Waals surface area contributed by atoms with Gasteiger partial charge in [0.1, 0.15) is 11.5 Å². The second-order valence-electron chi connectivity index (χ2n) is 4.77. The second kappa shape index (κ2) is 5.24. The monoisotopic (exact) mass is 281 g/mol. The predicted octanol–water partition coefficient (Wildman–Crippen LogP) is 1.88. The van der Waals surface area contributed by atoms with E-state index >= 15 is 0 Å². The molecule has 0 fully saturated rings. The molecule has 0 atom stereocenters. The molecule has 0 saturated heterocycles. The Bertz CT molecular complexity index is 822. The van der Waals surface area contributed by atoms with Gasteiger partial charge in [-0.2, -0.15) is 0 Å². The maximum absolute atomic E-state index is 8.73. The summed E-state index contributed by atoms with van der Waals surface area (Å²) in [6.45, 7) is 2.63. The molecule has 2 heterocycles. The molecule has 0 saturated carbocycles. The van der Waals surface area contributed by atoms with Gasteiger partial charge >= 0.3 is 0 Å². The summed E-state index contributed by atoms with van der Waals surface area (Å²) in [6, 6.07) is 11.7. The number of imidazole rings is 1. The third-order valence-electron chi connectivity index (χ3n) is 3.38. The summed E-state index contributed by atoms with van der Waals surface area (Å²) in [5.74, 6) is 0.947. The molecule has 0 aliphatic carbocycles. The molecule has 0 amide bonds. The van der Waals surface area contributed by atoms with Gasteiger partial charge in [0.2, 0.25) is 0 Å². The Morgan fingerprint density at radius 2 is 2.14 bits per heavy atom. The van der Waals surface area contributed by atoms with Crippen LogP contribution in [-0.4, -0.2) is 25.6 Å². The van der Waals surface area contributed by atoms with E-state index in [4.69, 9.17) is 10.9 Å². The van der Waals surface area contributed by atoms with E-state index in [1.807, 2.05) is 43.3 Å². The number of para-hydroxylation sites is 2. The molecule has 0 unspecified atom stereocenters. The third kappa shape index (κ3) is 2.43. The number of nitrogens with two attached hydrogens (primary N) is 1. The molecular weight excluding hydrogens is 266 g/mol. The van der Waals surface area contributed by atoms with Crippen LogP contribution in [0, 0.1) is 6.92 Å². The third-order valence-corrected chi connectivity index (χ3v) is 3.38. The van der Waals surface area contributed by atoms with Gasteiger partial charge in [-0.1, -0.05) is 17.3 Å². The number of rotatable bonds is 3. The smallest absolute Gasteiger partial charge is 0.188 e. The van der Waals surface area contributed by atoms with Gasteiger partial charge in [0.05, 0.1) is 11.0 Å². The summed E-state index contributed by atoms with van der Waals surface area (Å²) < 4.78 is 2.13. The van der Waals surface area contributed by atoms with Crippen molar-refractivity contribution in [1.29, 1.82) is 0 Å². The van der Waals surface area contributed by atoms with Crippen LogP contribution in [0.25, 0.3) is 11.0 Å². The van der Waals surface area contributed by atoms with Crippen molar-refractivity contribution in [3.05, 3.63) is 59.7 Å². The molecule has 2 aromatic heterocycles. The highest BCUT2D eigenvalue weighted by atomic mass is 16.4. The van der Waals surface area contributed by atoms with Crippen LogP contribution in [0.5, 0.6) is 0 Å². The number of pyridine rings is 1. The van der Waals surface area contributed by atoms with Crippen molar-refractivity contribution in [2.75, 3.05) is 0 Å². The van der Waals surface area contributed by atoms with E-state index in [9.17, 15) is 0 Å². The number of aryl methyl sites for hydroxylation is 1. The van der Waals surface area contributed by atoms with Crippen molar-refractivity contribution in [3.63, 3.8) is 0 Å². The summed E-state index contributed by atoms with van der Waals surface area (Å²) >= 11 is 0. The maximum atomic E-state index is 8.73. The molecule has 3 rings (SSSR count). The normalized spacial score (nSPS) is 12.0. The Morgan fingerprint density at radius 3 is 2.95 bits per heavy atom. The first-order valence-corrected chi connectivity index (χ1v) is 6.54. The Hall–Kier alpha value is -2.89. The lowest BCUT2D eigenvalue weighted by atomic mass is 10.2. The number of hydrogen-bond acceptors (Lipinski definition) is 4. The molecule has 3 N–H and O–H groups in total. The van der Waals surface area contributed by atoms with Gasteiger partial charge in [0.15, 0.2) is 5.84 Å². The number of hydrogen-bond donors (Lipinski definition) is 2. The lowest BCUT2D eigenvalue weighted by Crippen LogP contribution is -2.15. The summed E-state index contributed by atoms with van der Waals surface area (Å²) in [7, 11) is 0. The second-order valence-corrected chi connectivity index (χ2v) is 4.77. The molecule has 0 bridgehead atoms. The SMILES string of the molecule is Cc1nc2ccccc2n1Cc1ccnc(C(N)=NO)c1. The van der Waals surface area contributed by atoms with Gasteiger partial charge < -0.3 is 15.5 Å². The summed E-state index contributed by atoms with van der Waals surface area (Å²) in [5, 5.41) is 11.7. The topological polar surface area (TPSA) is 89.3 Å². The average molecular weight is 281 g/mol. The van der Waals surface area contributed by atoms with Gasteiger partial charge in [0.25, 0.3) is 0 Å². The van der Waals surface area contributed by atoms with Crippen LogP contribution in [0.3, 0.4) is 0 Å². The highest BCUT2D eigenvalue weighted by molar-refractivity contribution is 5.95. The number of nitrogens with zero attached hydrogens (tertiary/aromatic N) is 4. The lowest BCUT2D eigenvalue weighted by Gasteiger charge is -2.08. The number of fused-ring (bicyclic) bond motifs is 1. The fraction of sp³-hybridized carbons (Fsp3) is 0.133. The number of oxime groups is 1. The minimum absolute atomic E-state index is 0.00376. The first-order valence-electron chi connectivity index (χ1n) is 6.54. The van der Waals surface area contributed by atoms with Crippen molar-refractivity contribution in [2.24, 2.45) is 10.9 Å². The van der Waals surface area contributed by atoms with Crippen LogP contribution >= 0.6 is 0 Å². The van der Waals surface area contributed by atoms with Crippen LogP contribution in [0.2, 0.25) is 0 Å². The van der Waals surface area contributed by atoms with Crippen molar-refractivity contribution in [2.45, 2.75) is 13.5 Å². The zero-order chi connectivity index (χ0) is 14.8. The largest absolute Gasteiger partial charge is 0.409 e. The zero-order valence-corrected chi connectivity index (χ0v) is 11.6. The fourth-order valence-electron chi connectivity index (χ4n) is 2.34. The molecule has 0 radical (unpaired) electrons. The molecule has 6 nitrogen and oxygen atoms in total. The summed E-state index contributed by atoms with van der Waals surface area (Å²) in [4.78, 5) is 8.63. The van der Waals surface area contributed by atoms with Crippen LogP contribution in [-0.2, 0) is 6.54 Å². The predicted molar refractivity (Wildman–Crippen MR) is 80.3 cm³/mol. The van der Waals surface area contributed by atoms with Crippen molar-refractivity contribution >= 4 is 16.9 Å². The Morgan fingerprint density at radius 1 is 1.33 bits per heavy atom. The van der Waals surface area contributed by atoms with Crippen LogP contribution in [0.1, 0.15) is 17.1 Å². The van der Waals surface area contributed by atoms with Gasteiger partial charge in [-0.25, -0.2) is 4.98 Å². The average Bonchev–Trinajstić information content (AvgIpc) is 2.83. The molecule has 0 spiro atoms. The van der Waals surface area contributed by atoms with E-state index in [0.717, 1.165) is 22.4 Å². The van der Waals surface area contributed by atoms with Crippen LogP contribution in [0.15, 0.2) is 47.8 Å². The summed E-state index contributed by atoms with van der Waals surface area (Å²) in [6.07, 6.45) is 1.65. The lowest BCUT2D eigenvalue weighted by molar-refractivity contribution is 0.318. The van der Waals surface area contributed by atoms with Crippen molar-refractivity contribution < 1.29 is 5.21 Å². The molecule has 1 aromatic carbocycles. The molecule has 3 aromatic rings. The molecule has 21 heavy (non-hydrogen) atoms. The van der Waals surface area contributed by atoms with E-state index in [1.165, 1.54) is 0 Å². The molecule has 0 aliphatic rings. The minimum Gasteiger partial charge on any atom is -0.409 e. The zero-order valence-electron chi connectivity index (χ0n) is 11.6. The number of amidine groups is 1. The van der Waals surface area contributed by atoms with Gasteiger partial charge in [-0.15, -0.1) is 0 Å². The van der Waals surface area contributed by atoms with E-state index in [-0.39, 0.29) is 5.84 Å². The van der Waals surface area contributed by atoms with Crippen LogP contribution < -0.4 is 5.73 Å². The van der Waals surface area contributed by atoms with Gasteiger partial charge in [-0.05, 0) is 36.8 Å². The highest BCUT2D eigenvalue weighted by Crippen LogP contribution is 2.17. The van der Waals surface area contributed by atoms with Crippen molar-refractivity contribution in [1.82, 2.24) is 14.5 Å². The number of benzene rings is 1. The first-order chi connectivity index (χ1) is 10.2. The quantitative estimate of drug-likeness (QED) is 0.332. The van der Waals surface area contributed by atoms with E-state index < -0.39 is 0 Å². The minimum atomic E-state index is 0.00376. The van der Waals surface area contributed by atoms with Gasteiger partial charge in [0, 0.05) is 12.7 Å². The standard InChI is InChI=1S/C15H15N5O/c1-10-18-12-4-2-3-5-14(12)20(10)9-11-6-7-17-13(8-11)15(16)19-21/h2-8,21H,9H2,1H3,(H2,16,19). The van der Waals surface area contributed by atoms with Gasteiger partial charge in [-0.3, -0.25) is 4.98 Å². The van der Waals surface area contributed by atoms with E-state index in [2.05, 4.69) is 19.7 Å². The Balaban J connectivity index is 2.01. The highest BCUT2D eigenvalue weighted by Gasteiger charge is 2.08. The summed E-state index contributed by atoms with van der Waals surface area (Å²) in [5.41, 5.74) is 9.10. The Kier molecular flexibility index (Phi) is 3.27. The molecule has 106 valence electrons. The molecular formula is C15H15N5O. The fourth-order valence-corrected chi connectivity index (χ4v) is 2.34. The molecule has 0 aliphatic heterocycles. The maximum Gasteiger partial charge on any atom is 0.188 e. The van der Waals surface area contributed by atoms with Crippen molar-refractivity contribution in [3.8, 4) is 0 Å². The van der Waals surface area contributed by atoms with Crippen LogP contribution in [0.4, 0.5) is 0 Å². The van der Waals surface area contributed by atoms with E-state index in [1.54, 1.807) is 6.20 Å².